The zero-order valence-electron chi connectivity index (χ0n) is 16.0. The molecule has 2 heterocycles. The molecule has 1 amide bonds. The molecule has 8 nitrogen and oxygen atoms in total. The van der Waals surface area contributed by atoms with Gasteiger partial charge in [-0.15, -0.1) is 0 Å². The first-order valence-corrected chi connectivity index (χ1v) is 9.16. The van der Waals surface area contributed by atoms with Crippen LogP contribution in [0.4, 0.5) is 0 Å². The Morgan fingerprint density at radius 1 is 1.22 bits per heavy atom. The van der Waals surface area contributed by atoms with E-state index < -0.39 is 17.9 Å². The number of guanidine groups is 1. The number of benzene rings is 1. The number of ether oxygens (including phenoxy) is 2. The van der Waals surface area contributed by atoms with Gasteiger partial charge in [0.25, 0.3) is 0 Å². The van der Waals surface area contributed by atoms with E-state index in [1.54, 1.807) is 26.2 Å². The molecule has 27 heavy (non-hydrogen) atoms. The van der Waals surface area contributed by atoms with Crippen molar-refractivity contribution < 1.29 is 19.1 Å². The van der Waals surface area contributed by atoms with Gasteiger partial charge in [0.1, 0.15) is 11.8 Å². The molecule has 0 bridgehead atoms. The van der Waals surface area contributed by atoms with Crippen LogP contribution in [0.1, 0.15) is 18.5 Å². The molecular weight excluding hydrogens is 348 g/mol. The van der Waals surface area contributed by atoms with Gasteiger partial charge in [-0.1, -0.05) is 12.1 Å². The summed E-state index contributed by atoms with van der Waals surface area (Å²) >= 11 is 0. The number of hydrogen-bond acceptors (Lipinski definition) is 7. The SMILES string of the molecule is CCOC(=O)[C@@H]1C(=O)NC(N2CCN(C)CC2)=N[C@@H]1c1ccc(OC)cc1. The molecule has 0 spiro atoms. The largest absolute Gasteiger partial charge is 0.497 e. The summed E-state index contributed by atoms with van der Waals surface area (Å²) in [7, 11) is 3.66. The van der Waals surface area contributed by atoms with E-state index in [1.807, 2.05) is 12.1 Å². The molecule has 1 aromatic carbocycles. The van der Waals surface area contributed by atoms with Crippen LogP contribution >= 0.6 is 0 Å². The summed E-state index contributed by atoms with van der Waals surface area (Å²) in [6.07, 6.45) is 0. The first-order chi connectivity index (χ1) is 13.0. The third-order valence-electron chi connectivity index (χ3n) is 4.90. The molecule has 2 atom stereocenters. The van der Waals surface area contributed by atoms with Crippen molar-refractivity contribution in [1.82, 2.24) is 15.1 Å². The summed E-state index contributed by atoms with van der Waals surface area (Å²) < 4.78 is 10.3. The van der Waals surface area contributed by atoms with Crippen LogP contribution in [0.2, 0.25) is 0 Å². The van der Waals surface area contributed by atoms with Crippen molar-refractivity contribution in [2.24, 2.45) is 10.9 Å². The summed E-state index contributed by atoms with van der Waals surface area (Å²) in [4.78, 5) is 34.2. The Kier molecular flexibility index (Phi) is 5.95. The second-order valence-corrected chi connectivity index (χ2v) is 6.68. The number of esters is 1. The summed E-state index contributed by atoms with van der Waals surface area (Å²) in [6.45, 7) is 5.27. The lowest BCUT2D eigenvalue weighted by atomic mass is 9.91. The smallest absolute Gasteiger partial charge is 0.321 e. The molecule has 1 aromatic rings. The van der Waals surface area contributed by atoms with E-state index in [4.69, 9.17) is 14.5 Å². The predicted molar refractivity (Wildman–Crippen MR) is 101 cm³/mol. The monoisotopic (exact) mass is 374 g/mol. The van der Waals surface area contributed by atoms with Crippen molar-refractivity contribution in [3.05, 3.63) is 29.8 Å². The molecule has 146 valence electrons. The van der Waals surface area contributed by atoms with Crippen LogP contribution in [0, 0.1) is 5.92 Å². The van der Waals surface area contributed by atoms with Crippen LogP contribution in [0.3, 0.4) is 0 Å². The fourth-order valence-corrected chi connectivity index (χ4v) is 3.28. The van der Waals surface area contributed by atoms with E-state index in [1.165, 1.54) is 0 Å². The summed E-state index contributed by atoms with van der Waals surface area (Å²) in [5, 5.41) is 2.81. The number of hydrogen-bond donors (Lipinski definition) is 1. The number of amides is 1. The van der Waals surface area contributed by atoms with Crippen LogP contribution in [0.15, 0.2) is 29.3 Å². The van der Waals surface area contributed by atoms with Gasteiger partial charge in [0.2, 0.25) is 11.9 Å². The van der Waals surface area contributed by atoms with Crippen molar-refractivity contribution in [2.75, 3.05) is 46.9 Å². The molecule has 2 aliphatic heterocycles. The van der Waals surface area contributed by atoms with E-state index in [0.29, 0.717) is 11.7 Å². The number of carbonyl (C=O) groups excluding carboxylic acids is 2. The van der Waals surface area contributed by atoms with Crippen LogP contribution in [0.25, 0.3) is 0 Å². The highest BCUT2D eigenvalue weighted by atomic mass is 16.5. The predicted octanol–water partition coefficient (Wildman–Crippen LogP) is 0.649. The lowest BCUT2D eigenvalue weighted by Gasteiger charge is -2.37. The fraction of sp³-hybridized carbons (Fsp3) is 0.526. The number of aliphatic imine (C=N–C) groups is 1. The lowest BCUT2D eigenvalue weighted by molar-refractivity contribution is -0.153. The Labute approximate surface area is 159 Å². The molecular formula is C19H26N4O4. The molecule has 0 aliphatic carbocycles. The van der Waals surface area contributed by atoms with E-state index in [0.717, 1.165) is 31.7 Å². The fourth-order valence-electron chi connectivity index (χ4n) is 3.28. The van der Waals surface area contributed by atoms with Gasteiger partial charge in [-0.2, -0.15) is 0 Å². The molecule has 8 heteroatoms. The van der Waals surface area contributed by atoms with Gasteiger partial charge < -0.3 is 19.3 Å². The average molecular weight is 374 g/mol. The first-order valence-electron chi connectivity index (χ1n) is 9.16. The number of nitrogens with one attached hydrogen (secondary N) is 1. The van der Waals surface area contributed by atoms with E-state index in [9.17, 15) is 9.59 Å². The summed E-state index contributed by atoms with van der Waals surface area (Å²) in [6, 6.07) is 6.64. The maximum Gasteiger partial charge on any atom is 0.321 e. The Bertz CT molecular complexity index is 711. The maximum absolute atomic E-state index is 12.8. The zero-order valence-corrected chi connectivity index (χ0v) is 16.0. The lowest BCUT2D eigenvalue weighted by Crippen LogP contribution is -2.56. The summed E-state index contributed by atoms with van der Waals surface area (Å²) in [5.74, 6) is -0.714. The quantitative estimate of drug-likeness (QED) is 0.615. The van der Waals surface area contributed by atoms with Gasteiger partial charge in [-0.3, -0.25) is 14.9 Å². The molecule has 0 saturated carbocycles. The molecule has 3 rings (SSSR count). The van der Waals surface area contributed by atoms with Crippen molar-refractivity contribution in [1.29, 1.82) is 0 Å². The second-order valence-electron chi connectivity index (χ2n) is 6.68. The number of nitrogens with zero attached hydrogens (tertiary/aromatic N) is 3. The molecule has 2 aliphatic rings. The number of piperazine rings is 1. The number of rotatable bonds is 4. The van der Waals surface area contributed by atoms with E-state index in [-0.39, 0.29) is 12.5 Å². The topological polar surface area (TPSA) is 83.5 Å². The van der Waals surface area contributed by atoms with Crippen molar-refractivity contribution >= 4 is 17.8 Å². The highest BCUT2D eigenvalue weighted by Crippen LogP contribution is 2.32. The maximum atomic E-state index is 12.8. The third-order valence-corrected chi connectivity index (χ3v) is 4.90. The Morgan fingerprint density at radius 2 is 1.89 bits per heavy atom. The number of likely N-dealkylation sites (N-methyl/N-ethyl adjacent to an activating group) is 1. The second kappa shape index (κ2) is 8.39. The van der Waals surface area contributed by atoms with Crippen LogP contribution in [-0.2, 0) is 14.3 Å². The highest BCUT2D eigenvalue weighted by molar-refractivity contribution is 6.08. The molecule has 1 fully saturated rings. The molecule has 1 N–H and O–H groups in total. The standard InChI is InChI=1S/C19H26N4O4/c1-4-27-18(25)15-16(13-5-7-14(26-3)8-6-13)20-19(21-17(15)24)23-11-9-22(2)10-12-23/h5-8,15-16H,4,9-12H2,1-3H3,(H,20,21,24)/t15-,16+/m0/s1. The van der Waals surface area contributed by atoms with Crippen molar-refractivity contribution in [3.63, 3.8) is 0 Å². The first kappa shape index (κ1) is 19.2. The number of methoxy groups -OCH3 is 1. The minimum absolute atomic E-state index is 0.215. The van der Waals surface area contributed by atoms with E-state index in [2.05, 4.69) is 22.2 Å². The molecule has 0 aromatic heterocycles. The minimum Gasteiger partial charge on any atom is -0.497 e. The molecule has 1 saturated heterocycles. The van der Waals surface area contributed by atoms with Crippen LogP contribution in [-0.4, -0.2) is 74.6 Å². The van der Waals surface area contributed by atoms with Gasteiger partial charge in [-0.05, 0) is 31.7 Å². The third kappa shape index (κ3) is 4.21. The molecule has 0 unspecified atom stereocenters. The Hall–Kier alpha value is -2.61. The summed E-state index contributed by atoms with van der Waals surface area (Å²) in [5.41, 5.74) is 0.773. The van der Waals surface area contributed by atoms with Crippen molar-refractivity contribution in [3.8, 4) is 5.75 Å². The zero-order chi connectivity index (χ0) is 19.4. The van der Waals surface area contributed by atoms with Gasteiger partial charge in [-0.25, -0.2) is 4.99 Å². The number of carbonyl (C=O) groups is 2. The van der Waals surface area contributed by atoms with Gasteiger partial charge in [0.15, 0.2) is 5.92 Å². The molecule has 0 radical (unpaired) electrons. The van der Waals surface area contributed by atoms with Gasteiger partial charge >= 0.3 is 5.97 Å². The van der Waals surface area contributed by atoms with E-state index >= 15 is 0 Å². The van der Waals surface area contributed by atoms with Gasteiger partial charge in [0.05, 0.1) is 13.7 Å². The normalized spacial score (nSPS) is 23.4. The highest BCUT2D eigenvalue weighted by Gasteiger charge is 2.42. The van der Waals surface area contributed by atoms with Crippen molar-refractivity contribution in [2.45, 2.75) is 13.0 Å². The van der Waals surface area contributed by atoms with Gasteiger partial charge in [0, 0.05) is 26.2 Å². The average Bonchev–Trinajstić information content (AvgIpc) is 2.68. The van der Waals surface area contributed by atoms with Crippen LogP contribution < -0.4 is 10.1 Å². The Balaban J connectivity index is 1.93. The van der Waals surface area contributed by atoms with Crippen LogP contribution in [0.5, 0.6) is 5.75 Å². The minimum atomic E-state index is -1.01. The Morgan fingerprint density at radius 3 is 2.48 bits per heavy atom.